The van der Waals surface area contributed by atoms with Crippen LogP contribution in [0.25, 0.3) is 5.78 Å². The average molecular weight is 401 g/mol. The maximum Gasteiger partial charge on any atom is 0.277 e. The maximum absolute atomic E-state index is 13.4. The van der Waals surface area contributed by atoms with Crippen LogP contribution in [0.3, 0.4) is 0 Å². The molecule has 0 unspecified atom stereocenters. The average Bonchev–Trinajstić information content (AvgIpc) is 3.15. The van der Waals surface area contributed by atoms with Crippen molar-refractivity contribution in [3.8, 4) is 0 Å². The molecule has 30 heavy (non-hydrogen) atoms. The first-order valence-electron chi connectivity index (χ1n) is 9.73. The lowest BCUT2D eigenvalue weighted by molar-refractivity contribution is 0.0983. The predicted molar refractivity (Wildman–Crippen MR) is 116 cm³/mol. The van der Waals surface area contributed by atoms with Crippen molar-refractivity contribution in [3.05, 3.63) is 92.4 Å². The van der Waals surface area contributed by atoms with Crippen LogP contribution < -0.4 is 10.5 Å². The Hall–Kier alpha value is -3.74. The van der Waals surface area contributed by atoms with Crippen molar-refractivity contribution in [2.75, 3.05) is 4.90 Å². The molecule has 0 atom stereocenters. The summed E-state index contributed by atoms with van der Waals surface area (Å²) in [5, 5.41) is 2.96. The van der Waals surface area contributed by atoms with E-state index in [1.165, 1.54) is 9.42 Å². The third-order valence-electron chi connectivity index (χ3n) is 5.21. The number of fused-ring (bicyclic) bond motifs is 1. The minimum atomic E-state index is -0.227. The summed E-state index contributed by atoms with van der Waals surface area (Å²) in [5.74, 6) is 0.301. The molecule has 7 heteroatoms. The molecule has 0 bridgehead atoms. The molecule has 0 aliphatic heterocycles. The molecular formula is C23H23N5O2. The van der Waals surface area contributed by atoms with Crippen molar-refractivity contribution in [1.29, 1.82) is 0 Å². The minimum absolute atomic E-state index is 0.212. The number of carbonyl (C=O) groups is 1. The fourth-order valence-corrected chi connectivity index (χ4v) is 3.18. The number of nitrogens with one attached hydrogen (secondary N) is 1. The number of carbonyl (C=O) groups excluding carboxylic acids is 1. The van der Waals surface area contributed by atoms with E-state index in [0.717, 1.165) is 16.7 Å². The van der Waals surface area contributed by atoms with Crippen LogP contribution in [0.5, 0.6) is 0 Å². The normalized spacial score (nSPS) is 11.1. The first kappa shape index (κ1) is 19.6. The van der Waals surface area contributed by atoms with Gasteiger partial charge in [0.2, 0.25) is 5.95 Å². The van der Waals surface area contributed by atoms with E-state index in [-0.39, 0.29) is 23.2 Å². The Labute approximate surface area is 174 Å². The van der Waals surface area contributed by atoms with E-state index < -0.39 is 0 Å². The Kier molecular flexibility index (Phi) is 4.95. The van der Waals surface area contributed by atoms with E-state index in [2.05, 4.69) is 15.1 Å². The lowest BCUT2D eigenvalue weighted by atomic mass is 10.1. The van der Waals surface area contributed by atoms with Gasteiger partial charge < -0.3 is 0 Å². The highest BCUT2D eigenvalue weighted by molar-refractivity contribution is 6.05. The Morgan fingerprint density at radius 2 is 1.53 bits per heavy atom. The van der Waals surface area contributed by atoms with Crippen molar-refractivity contribution in [3.63, 3.8) is 0 Å². The van der Waals surface area contributed by atoms with Crippen LogP contribution >= 0.6 is 0 Å². The molecule has 0 fully saturated rings. The lowest BCUT2D eigenvalue weighted by Gasteiger charge is -2.20. The number of hydrogen-bond acceptors (Lipinski definition) is 4. The first-order valence-corrected chi connectivity index (χ1v) is 9.73. The molecule has 1 N–H and O–H groups in total. The van der Waals surface area contributed by atoms with Crippen molar-refractivity contribution in [2.24, 2.45) is 0 Å². The van der Waals surface area contributed by atoms with Crippen molar-refractivity contribution in [2.45, 2.75) is 34.2 Å². The number of aromatic nitrogens is 4. The number of benzene rings is 2. The van der Waals surface area contributed by atoms with Gasteiger partial charge in [-0.3, -0.25) is 19.6 Å². The molecule has 0 saturated heterocycles. The number of nitrogens with zero attached hydrogens (tertiary/aromatic N) is 4. The fourth-order valence-electron chi connectivity index (χ4n) is 3.18. The quantitative estimate of drug-likeness (QED) is 0.567. The molecule has 2 aromatic heterocycles. The summed E-state index contributed by atoms with van der Waals surface area (Å²) in [5.41, 5.74) is 4.64. The molecule has 4 aromatic rings. The Morgan fingerprint density at radius 3 is 2.17 bits per heavy atom. The number of aromatic amines is 1. The summed E-state index contributed by atoms with van der Waals surface area (Å²) in [4.78, 5) is 36.4. The third-order valence-corrected chi connectivity index (χ3v) is 5.21. The molecule has 0 spiro atoms. The van der Waals surface area contributed by atoms with Gasteiger partial charge >= 0.3 is 0 Å². The summed E-state index contributed by atoms with van der Waals surface area (Å²) < 4.78 is 1.28. The molecule has 0 radical (unpaired) electrons. The Morgan fingerprint density at radius 1 is 0.933 bits per heavy atom. The molecule has 0 aliphatic carbocycles. The molecule has 1 amide bonds. The van der Waals surface area contributed by atoms with E-state index in [1.807, 2.05) is 50.2 Å². The summed E-state index contributed by atoms with van der Waals surface area (Å²) >= 11 is 0. The van der Waals surface area contributed by atoms with Crippen LogP contribution in [-0.2, 0) is 6.54 Å². The van der Waals surface area contributed by atoms with E-state index in [1.54, 1.807) is 26.0 Å². The van der Waals surface area contributed by atoms with Gasteiger partial charge in [0.05, 0.1) is 6.54 Å². The van der Waals surface area contributed by atoms with Gasteiger partial charge in [-0.25, -0.2) is 4.98 Å². The largest absolute Gasteiger partial charge is 0.277 e. The third kappa shape index (κ3) is 3.61. The summed E-state index contributed by atoms with van der Waals surface area (Å²) in [6, 6.07) is 15.3. The second-order valence-corrected chi connectivity index (χ2v) is 7.55. The van der Waals surface area contributed by atoms with Crippen LogP contribution in [0.1, 0.15) is 38.3 Å². The van der Waals surface area contributed by atoms with Crippen molar-refractivity contribution < 1.29 is 4.79 Å². The van der Waals surface area contributed by atoms with Crippen LogP contribution in [0.4, 0.5) is 5.95 Å². The zero-order chi connectivity index (χ0) is 21.4. The van der Waals surface area contributed by atoms with E-state index in [4.69, 9.17) is 0 Å². The molecule has 2 heterocycles. The number of hydrogen-bond donors (Lipinski definition) is 1. The lowest BCUT2D eigenvalue weighted by Crippen LogP contribution is -2.31. The fraction of sp³-hybridized carbons (Fsp3) is 0.217. The van der Waals surface area contributed by atoms with Crippen molar-refractivity contribution >= 4 is 17.6 Å². The summed E-state index contributed by atoms with van der Waals surface area (Å²) in [7, 11) is 0. The highest BCUT2D eigenvalue weighted by Crippen LogP contribution is 2.18. The minimum Gasteiger partial charge on any atom is -0.272 e. The monoisotopic (exact) mass is 401 g/mol. The topological polar surface area (TPSA) is 83.4 Å². The van der Waals surface area contributed by atoms with Crippen molar-refractivity contribution in [1.82, 2.24) is 19.6 Å². The van der Waals surface area contributed by atoms with Crippen LogP contribution in [-0.4, -0.2) is 25.5 Å². The second-order valence-electron chi connectivity index (χ2n) is 7.55. The Bertz CT molecular complexity index is 1280. The number of rotatable bonds is 4. The predicted octanol–water partition coefficient (Wildman–Crippen LogP) is 3.50. The zero-order valence-corrected chi connectivity index (χ0v) is 17.4. The van der Waals surface area contributed by atoms with Gasteiger partial charge in [-0.15, -0.1) is 0 Å². The maximum atomic E-state index is 13.4. The van der Waals surface area contributed by atoms with Crippen LogP contribution in [0, 0.1) is 27.7 Å². The van der Waals surface area contributed by atoms with Gasteiger partial charge in [0.25, 0.3) is 17.2 Å². The van der Waals surface area contributed by atoms with E-state index in [0.29, 0.717) is 23.4 Å². The van der Waals surface area contributed by atoms with E-state index in [9.17, 15) is 9.59 Å². The smallest absolute Gasteiger partial charge is 0.272 e. The molecule has 0 aliphatic rings. The van der Waals surface area contributed by atoms with Gasteiger partial charge in [-0.05, 0) is 45.4 Å². The Balaban J connectivity index is 1.82. The second kappa shape index (κ2) is 7.59. The van der Waals surface area contributed by atoms with Gasteiger partial charge in [-0.1, -0.05) is 47.5 Å². The number of anilines is 1. The van der Waals surface area contributed by atoms with Crippen LogP contribution in [0.2, 0.25) is 0 Å². The molecular weight excluding hydrogens is 378 g/mol. The summed E-state index contributed by atoms with van der Waals surface area (Å²) in [6.45, 7) is 7.78. The number of aryl methyl sites for hydroxylation is 3. The zero-order valence-electron chi connectivity index (χ0n) is 17.4. The highest BCUT2D eigenvalue weighted by atomic mass is 16.2. The first-order chi connectivity index (χ1) is 14.3. The number of amides is 1. The molecule has 0 saturated carbocycles. The highest BCUT2D eigenvalue weighted by Gasteiger charge is 2.23. The molecule has 7 nitrogen and oxygen atoms in total. The van der Waals surface area contributed by atoms with Gasteiger partial charge in [0, 0.05) is 16.8 Å². The van der Waals surface area contributed by atoms with Gasteiger partial charge in [-0.2, -0.15) is 9.50 Å². The molecule has 4 rings (SSSR count). The van der Waals surface area contributed by atoms with Gasteiger partial charge in [0.1, 0.15) is 0 Å². The molecule has 2 aromatic carbocycles. The summed E-state index contributed by atoms with van der Waals surface area (Å²) in [6.07, 6.45) is 0. The van der Waals surface area contributed by atoms with Crippen LogP contribution in [0.15, 0.2) is 53.3 Å². The van der Waals surface area contributed by atoms with E-state index >= 15 is 0 Å². The number of H-pyrrole nitrogens is 1. The standard InChI is InChI=1S/C23H23N5O2/c1-14-5-9-18(10-6-14)13-27(21(30)19-11-7-15(2)8-12-19)23-25-22-24-17(4)16(3)20(29)28(22)26-23/h5-12H,13H2,1-4H3,(H,24,25,26). The van der Waals surface area contributed by atoms with Gasteiger partial charge in [0.15, 0.2) is 0 Å². The SMILES string of the molecule is Cc1ccc(CN(C(=O)c2ccc(C)cc2)c2nc3nc(C)c(C)c(=O)n3[nH]2)cc1. The molecule has 152 valence electrons.